The zero-order valence-corrected chi connectivity index (χ0v) is 12.2. The number of ether oxygens (including phenoxy) is 1. The number of carbonyl (C=O) groups excluding carboxylic acids is 1. The molecule has 0 saturated heterocycles. The minimum Gasteiger partial charge on any atom is -0.468 e. The first-order valence-corrected chi connectivity index (χ1v) is 6.51. The van der Waals surface area contributed by atoms with Crippen LogP contribution in [0.2, 0.25) is 0 Å². The summed E-state index contributed by atoms with van der Waals surface area (Å²) in [7, 11) is 1.44. The Morgan fingerprint density at radius 3 is 2.42 bits per heavy atom. The van der Waals surface area contributed by atoms with Crippen molar-refractivity contribution in [1.29, 1.82) is 0 Å². The van der Waals surface area contributed by atoms with Gasteiger partial charge in [0.15, 0.2) is 0 Å². The van der Waals surface area contributed by atoms with Crippen molar-refractivity contribution in [2.24, 2.45) is 5.41 Å². The van der Waals surface area contributed by atoms with Crippen LogP contribution in [0.4, 0.5) is 0 Å². The van der Waals surface area contributed by atoms with Gasteiger partial charge in [0, 0.05) is 16.6 Å². The molecule has 1 atom stereocenters. The highest BCUT2D eigenvalue weighted by molar-refractivity contribution is 5.88. The van der Waals surface area contributed by atoms with Crippen LogP contribution in [0, 0.1) is 12.3 Å². The fourth-order valence-electron chi connectivity index (χ4n) is 2.61. The number of carbonyl (C=O) groups is 1. The summed E-state index contributed by atoms with van der Waals surface area (Å²) in [5.41, 5.74) is 2.95. The molecule has 0 spiro atoms. The predicted octanol–water partition coefficient (Wildman–Crippen LogP) is 3.78. The van der Waals surface area contributed by atoms with Gasteiger partial charge in [-0.3, -0.25) is 4.79 Å². The number of rotatable bonds is 2. The standard InChI is InChI=1S/C16H21NO2/c1-10-11-8-6-7-9-12(11)17-14(10)13(15(18)19-5)16(2,3)4/h6-9,13,17H,1-5H3. The van der Waals surface area contributed by atoms with Crippen molar-refractivity contribution in [2.45, 2.75) is 33.6 Å². The van der Waals surface area contributed by atoms with Gasteiger partial charge in [-0.1, -0.05) is 39.0 Å². The quantitative estimate of drug-likeness (QED) is 0.834. The first kappa shape index (κ1) is 13.7. The maximum absolute atomic E-state index is 12.1. The molecule has 102 valence electrons. The van der Waals surface area contributed by atoms with E-state index in [-0.39, 0.29) is 17.3 Å². The molecule has 3 heteroatoms. The third-order valence-electron chi connectivity index (χ3n) is 3.60. The van der Waals surface area contributed by atoms with Gasteiger partial charge >= 0.3 is 5.97 Å². The van der Waals surface area contributed by atoms with Gasteiger partial charge in [-0.2, -0.15) is 0 Å². The zero-order valence-electron chi connectivity index (χ0n) is 12.2. The summed E-state index contributed by atoms with van der Waals surface area (Å²) in [6.07, 6.45) is 0. The van der Waals surface area contributed by atoms with Gasteiger partial charge in [-0.15, -0.1) is 0 Å². The first-order chi connectivity index (χ1) is 8.86. The van der Waals surface area contributed by atoms with Crippen LogP contribution in [0.15, 0.2) is 24.3 Å². The molecule has 0 bridgehead atoms. The van der Waals surface area contributed by atoms with E-state index in [2.05, 4.69) is 38.7 Å². The lowest BCUT2D eigenvalue weighted by atomic mass is 9.77. The molecule has 0 radical (unpaired) electrons. The molecule has 0 aliphatic heterocycles. The number of hydrogen-bond acceptors (Lipinski definition) is 2. The molecular weight excluding hydrogens is 238 g/mol. The van der Waals surface area contributed by atoms with Crippen LogP contribution in [0.1, 0.15) is 37.9 Å². The summed E-state index contributed by atoms with van der Waals surface area (Å²) in [5.74, 6) is -0.480. The maximum atomic E-state index is 12.1. The average molecular weight is 259 g/mol. The van der Waals surface area contributed by atoms with E-state index in [1.165, 1.54) is 7.11 Å². The van der Waals surface area contributed by atoms with Gasteiger partial charge < -0.3 is 9.72 Å². The van der Waals surface area contributed by atoms with Crippen molar-refractivity contribution in [2.75, 3.05) is 7.11 Å². The van der Waals surface area contributed by atoms with Gasteiger partial charge in [-0.05, 0) is 24.0 Å². The monoisotopic (exact) mass is 259 g/mol. The maximum Gasteiger partial charge on any atom is 0.315 e. The number of methoxy groups -OCH3 is 1. The second-order valence-corrected chi connectivity index (χ2v) is 6.03. The minimum atomic E-state index is -0.287. The summed E-state index contributed by atoms with van der Waals surface area (Å²) < 4.78 is 4.99. The molecule has 1 aromatic heterocycles. The van der Waals surface area contributed by atoms with E-state index < -0.39 is 0 Å². The van der Waals surface area contributed by atoms with Crippen LogP contribution in [-0.4, -0.2) is 18.1 Å². The molecular formula is C16H21NO2. The van der Waals surface area contributed by atoms with Crippen LogP contribution in [0.5, 0.6) is 0 Å². The van der Waals surface area contributed by atoms with Gasteiger partial charge in [0.1, 0.15) is 5.92 Å². The molecule has 3 nitrogen and oxygen atoms in total. The van der Waals surface area contributed by atoms with E-state index in [9.17, 15) is 4.79 Å². The molecule has 2 rings (SSSR count). The summed E-state index contributed by atoms with van der Waals surface area (Å²) >= 11 is 0. The van der Waals surface area contributed by atoms with E-state index in [4.69, 9.17) is 4.74 Å². The number of fused-ring (bicyclic) bond motifs is 1. The number of hydrogen-bond donors (Lipinski definition) is 1. The smallest absolute Gasteiger partial charge is 0.315 e. The lowest BCUT2D eigenvalue weighted by Crippen LogP contribution is -2.28. The lowest BCUT2D eigenvalue weighted by Gasteiger charge is -2.28. The normalized spacial score (nSPS) is 13.5. The van der Waals surface area contributed by atoms with Crippen LogP contribution < -0.4 is 0 Å². The Bertz CT molecular complexity index is 605. The summed E-state index contributed by atoms with van der Waals surface area (Å²) in [6, 6.07) is 8.11. The third kappa shape index (κ3) is 2.37. The molecule has 0 fully saturated rings. The van der Waals surface area contributed by atoms with Crippen LogP contribution in [0.3, 0.4) is 0 Å². The average Bonchev–Trinajstić information content (AvgIpc) is 2.66. The van der Waals surface area contributed by atoms with E-state index in [1.807, 2.05) is 18.2 Å². The van der Waals surface area contributed by atoms with Crippen molar-refractivity contribution in [3.8, 4) is 0 Å². The third-order valence-corrected chi connectivity index (χ3v) is 3.60. The fourth-order valence-corrected chi connectivity index (χ4v) is 2.61. The van der Waals surface area contributed by atoms with Gasteiger partial charge in [-0.25, -0.2) is 0 Å². The second kappa shape index (κ2) is 4.72. The molecule has 0 amide bonds. The number of aromatic amines is 1. The molecule has 1 N–H and O–H groups in total. The fraction of sp³-hybridized carbons (Fsp3) is 0.438. The largest absolute Gasteiger partial charge is 0.468 e. The van der Waals surface area contributed by atoms with Crippen molar-refractivity contribution < 1.29 is 9.53 Å². The summed E-state index contributed by atoms with van der Waals surface area (Å²) in [6.45, 7) is 8.22. The van der Waals surface area contributed by atoms with Crippen molar-refractivity contribution >= 4 is 16.9 Å². The van der Waals surface area contributed by atoms with Crippen LogP contribution in [0.25, 0.3) is 10.9 Å². The Morgan fingerprint density at radius 2 is 1.89 bits per heavy atom. The Balaban J connectivity index is 2.63. The first-order valence-electron chi connectivity index (χ1n) is 6.51. The number of H-pyrrole nitrogens is 1. The highest BCUT2D eigenvalue weighted by Crippen LogP contribution is 2.39. The Labute approximate surface area is 114 Å². The molecule has 0 saturated carbocycles. The number of para-hydroxylation sites is 1. The molecule has 0 aliphatic carbocycles. The van der Waals surface area contributed by atoms with Crippen molar-refractivity contribution in [3.05, 3.63) is 35.5 Å². The van der Waals surface area contributed by atoms with Crippen LogP contribution in [-0.2, 0) is 9.53 Å². The Hall–Kier alpha value is -1.77. The molecule has 2 aromatic rings. The topological polar surface area (TPSA) is 42.1 Å². The molecule has 1 heterocycles. The highest BCUT2D eigenvalue weighted by atomic mass is 16.5. The van der Waals surface area contributed by atoms with Gasteiger partial charge in [0.05, 0.1) is 7.11 Å². The van der Waals surface area contributed by atoms with Gasteiger partial charge in [0.25, 0.3) is 0 Å². The Kier molecular flexibility index (Phi) is 3.40. The highest BCUT2D eigenvalue weighted by Gasteiger charge is 2.36. The van der Waals surface area contributed by atoms with E-state index >= 15 is 0 Å². The zero-order chi connectivity index (χ0) is 14.2. The van der Waals surface area contributed by atoms with Gasteiger partial charge in [0.2, 0.25) is 0 Å². The number of nitrogens with one attached hydrogen (secondary N) is 1. The van der Waals surface area contributed by atoms with E-state index in [1.54, 1.807) is 0 Å². The predicted molar refractivity (Wildman–Crippen MR) is 77.2 cm³/mol. The van der Waals surface area contributed by atoms with Crippen LogP contribution >= 0.6 is 0 Å². The molecule has 0 aliphatic rings. The van der Waals surface area contributed by atoms with E-state index in [0.29, 0.717) is 0 Å². The lowest BCUT2D eigenvalue weighted by molar-refractivity contribution is -0.145. The number of esters is 1. The van der Waals surface area contributed by atoms with Crippen molar-refractivity contribution in [3.63, 3.8) is 0 Å². The summed E-state index contributed by atoms with van der Waals surface area (Å²) in [4.78, 5) is 15.5. The molecule has 1 unspecified atom stereocenters. The number of aryl methyl sites for hydroxylation is 1. The SMILES string of the molecule is COC(=O)C(c1[nH]c2ccccc2c1C)C(C)(C)C. The number of aromatic nitrogens is 1. The molecule has 19 heavy (non-hydrogen) atoms. The number of benzene rings is 1. The minimum absolute atomic E-state index is 0.192. The summed E-state index contributed by atoms with van der Waals surface area (Å²) in [5, 5.41) is 1.16. The van der Waals surface area contributed by atoms with Crippen molar-refractivity contribution in [1.82, 2.24) is 4.98 Å². The Morgan fingerprint density at radius 1 is 1.26 bits per heavy atom. The second-order valence-electron chi connectivity index (χ2n) is 6.03. The molecule has 1 aromatic carbocycles. The van der Waals surface area contributed by atoms with E-state index in [0.717, 1.165) is 22.2 Å².